The van der Waals surface area contributed by atoms with Gasteiger partial charge in [0, 0.05) is 6.54 Å². The number of hydrogen-bond donors (Lipinski definition) is 0. The standard InChI is InChI=1S/C20H31N3O3S/c1-2-3-4-8-16-27(24,25)23-19-10-9-11-20(18(19)17-21-23)26-15-14-22-12-6-5-7-13-22/h9-11,17H,2-8,12-16H2,1H3. The van der Waals surface area contributed by atoms with Crippen LogP contribution in [0.15, 0.2) is 24.4 Å². The highest BCUT2D eigenvalue weighted by Gasteiger charge is 2.19. The Bertz CT molecular complexity index is 826. The van der Waals surface area contributed by atoms with Crippen LogP contribution in [-0.2, 0) is 10.0 Å². The molecule has 7 heteroatoms. The first-order chi connectivity index (χ1) is 13.1. The Balaban J connectivity index is 1.66. The molecule has 0 atom stereocenters. The third kappa shape index (κ3) is 5.23. The second-order valence-electron chi connectivity index (χ2n) is 7.30. The summed E-state index contributed by atoms with van der Waals surface area (Å²) in [6, 6.07) is 5.52. The van der Waals surface area contributed by atoms with E-state index in [1.807, 2.05) is 12.1 Å². The van der Waals surface area contributed by atoms with E-state index in [0.717, 1.165) is 44.3 Å². The van der Waals surface area contributed by atoms with Crippen LogP contribution in [0, 0.1) is 0 Å². The first kappa shape index (κ1) is 20.1. The second kappa shape index (κ2) is 9.55. The average Bonchev–Trinajstić information content (AvgIpc) is 3.12. The molecule has 1 aromatic heterocycles. The van der Waals surface area contributed by atoms with Gasteiger partial charge in [-0.3, -0.25) is 4.90 Å². The minimum absolute atomic E-state index is 0.129. The van der Waals surface area contributed by atoms with E-state index >= 15 is 0 Å². The molecule has 2 heterocycles. The van der Waals surface area contributed by atoms with Crippen LogP contribution in [-0.4, -0.2) is 54.5 Å². The van der Waals surface area contributed by atoms with E-state index < -0.39 is 10.0 Å². The number of likely N-dealkylation sites (tertiary alicyclic amines) is 1. The van der Waals surface area contributed by atoms with E-state index in [0.29, 0.717) is 24.3 Å². The molecule has 0 radical (unpaired) electrons. The van der Waals surface area contributed by atoms with Crippen molar-refractivity contribution in [2.24, 2.45) is 0 Å². The third-order valence-electron chi connectivity index (χ3n) is 5.17. The van der Waals surface area contributed by atoms with Gasteiger partial charge in [-0.25, -0.2) is 8.42 Å². The summed E-state index contributed by atoms with van der Waals surface area (Å²) in [6.07, 6.45) is 9.20. The minimum Gasteiger partial charge on any atom is -0.491 e. The van der Waals surface area contributed by atoms with Crippen molar-refractivity contribution in [1.29, 1.82) is 0 Å². The monoisotopic (exact) mass is 393 g/mol. The van der Waals surface area contributed by atoms with Gasteiger partial charge in [0.25, 0.3) is 10.0 Å². The maximum Gasteiger partial charge on any atom is 0.254 e. The summed E-state index contributed by atoms with van der Waals surface area (Å²) in [5, 5.41) is 4.92. The highest BCUT2D eigenvalue weighted by molar-refractivity contribution is 7.89. The van der Waals surface area contributed by atoms with Crippen LogP contribution >= 0.6 is 0 Å². The molecule has 0 unspecified atom stereocenters. The van der Waals surface area contributed by atoms with E-state index in [-0.39, 0.29) is 5.75 Å². The van der Waals surface area contributed by atoms with Crippen molar-refractivity contribution >= 4 is 20.9 Å². The Kier molecular flexibility index (Phi) is 7.13. The minimum atomic E-state index is -3.44. The molecule has 1 aliphatic rings. The molecule has 2 aromatic rings. The van der Waals surface area contributed by atoms with Crippen LogP contribution in [0.2, 0.25) is 0 Å². The smallest absolute Gasteiger partial charge is 0.254 e. The molecule has 0 amide bonds. The summed E-state index contributed by atoms with van der Waals surface area (Å²) in [4.78, 5) is 2.42. The number of unbranched alkanes of at least 4 members (excludes halogenated alkanes) is 3. The van der Waals surface area contributed by atoms with E-state index in [9.17, 15) is 8.42 Å². The molecule has 1 aliphatic heterocycles. The van der Waals surface area contributed by atoms with Gasteiger partial charge in [0.15, 0.2) is 0 Å². The van der Waals surface area contributed by atoms with E-state index in [2.05, 4.69) is 16.9 Å². The highest BCUT2D eigenvalue weighted by Crippen LogP contribution is 2.26. The van der Waals surface area contributed by atoms with Gasteiger partial charge in [-0.1, -0.05) is 38.7 Å². The Labute approximate surface area is 162 Å². The van der Waals surface area contributed by atoms with Gasteiger partial charge in [0.1, 0.15) is 12.4 Å². The van der Waals surface area contributed by atoms with E-state index in [1.165, 1.54) is 23.3 Å². The molecule has 1 aromatic carbocycles. The summed E-state index contributed by atoms with van der Waals surface area (Å²) < 4.78 is 32.5. The number of piperidine rings is 1. The Morgan fingerprint density at radius 2 is 1.93 bits per heavy atom. The largest absolute Gasteiger partial charge is 0.491 e. The lowest BCUT2D eigenvalue weighted by Crippen LogP contribution is -2.33. The van der Waals surface area contributed by atoms with Crippen LogP contribution in [0.1, 0.15) is 51.9 Å². The summed E-state index contributed by atoms with van der Waals surface area (Å²) in [5.41, 5.74) is 0.598. The van der Waals surface area contributed by atoms with Crippen molar-refractivity contribution in [1.82, 2.24) is 14.1 Å². The predicted octanol–water partition coefficient (Wildman–Crippen LogP) is 3.66. The van der Waals surface area contributed by atoms with Gasteiger partial charge in [-0.05, 0) is 44.5 Å². The first-order valence-corrected chi connectivity index (χ1v) is 11.8. The zero-order valence-electron chi connectivity index (χ0n) is 16.3. The molecule has 1 saturated heterocycles. The molecule has 0 aliphatic carbocycles. The van der Waals surface area contributed by atoms with E-state index in [1.54, 1.807) is 12.3 Å². The fraction of sp³-hybridized carbons (Fsp3) is 0.650. The van der Waals surface area contributed by atoms with Crippen LogP contribution in [0.25, 0.3) is 10.9 Å². The van der Waals surface area contributed by atoms with Gasteiger partial charge in [-0.15, -0.1) is 0 Å². The normalized spacial score (nSPS) is 16.0. The molecule has 3 rings (SSSR count). The number of benzene rings is 1. The van der Waals surface area contributed by atoms with Crippen LogP contribution in [0.4, 0.5) is 0 Å². The molecular formula is C20H31N3O3S. The Morgan fingerprint density at radius 3 is 2.70 bits per heavy atom. The van der Waals surface area contributed by atoms with Crippen molar-refractivity contribution < 1.29 is 13.2 Å². The Hall–Kier alpha value is -1.60. The molecule has 0 bridgehead atoms. The van der Waals surface area contributed by atoms with Crippen molar-refractivity contribution in [3.63, 3.8) is 0 Å². The number of rotatable bonds is 10. The zero-order chi connectivity index (χ0) is 19.1. The number of nitrogens with zero attached hydrogens (tertiary/aromatic N) is 3. The van der Waals surface area contributed by atoms with E-state index in [4.69, 9.17) is 4.74 Å². The molecular weight excluding hydrogens is 362 g/mol. The van der Waals surface area contributed by atoms with Gasteiger partial charge in [-0.2, -0.15) is 9.19 Å². The second-order valence-corrected chi connectivity index (χ2v) is 9.22. The summed E-state index contributed by atoms with van der Waals surface area (Å²) >= 11 is 0. The highest BCUT2D eigenvalue weighted by atomic mass is 32.2. The number of aromatic nitrogens is 2. The molecule has 6 nitrogen and oxygen atoms in total. The Morgan fingerprint density at radius 1 is 1.11 bits per heavy atom. The van der Waals surface area contributed by atoms with Crippen molar-refractivity contribution in [2.45, 2.75) is 51.9 Å². The molecule has 0 spiro atoms. The van der Waals surface area contributed by atoms with Crippen LogP contribution in [0.3, 0.4) is 0 Å². The maximum atomic E-state index is 12.7. The summed E-state index contributed by atoms with van der Waals surface area (Å²) in [6.45, 7) is 5.90. The molecule has 27 heavy (non-hydrogen) atoms. The van der Waals surface area contributed by atoms with Crippen LogP contribution in [0.5, 0.6) is 5.75 Å². The zero-order valence-corrected chi connectivity index (χ0v) is 17.1. The predicted molar refractivity (Wildman–Crippen MR) is 109 cm³/mol. The third-order valence-corrected chi connectivity index (χ3v) is 6.80. The fourth-order valence-electron chi connectivity index (χ4n) is 3.61. The van der Waals surface area contributed by atoms with Crippen molar-refractivity contribution in [3.8, 4) is 5.75 Å². The quantitative estimate of drug-likeness (QED) is 0.577. The SMILES string of the molecule is CCCCCCS(=O)(=O)n1ncc2c(OCCN3CCCCC3)cccc21. The van der Waals surface area contributed by atoms with Gasteiger partial charge < -0.3 is 4.74 Å². The average molecular weight is 394 g/mol. The number of fused-ring (bicyclic) bond motifs is 1. The van der Waals surface area contributed by atoms with Crippen molar-refractivity contribution in [2.75, 3.05) is 32.0 Å². The molecule has 1 fully saturated rings. The number of ether oxygens (including phenoxy) is 1. The summed E-state index contributed by atoms with van der Waals surface area (Å²) in [7, 11) is -3.44. The fourth-order valence-corrected chi connectivity index (χ4v) is 5.01. The molecule has 150 valence electrons. The topological polar surface area (TPSA) is 64.4 Å². The lowest BCUT2D eigenvalue weighted by Gasteiger charge is -2.26. The molecule has 0 saturated carbocycles. The lowest BCUT2D eigenvalue weighted by atomic mass is 10.1. The maximum absolute atomic E-state index is 12.7. The van der Waals surface area contributed by atoms with Gasteiger partial charge in [0.2, 0.25) is 0 Å². The summed E-state index contributed by atoms with van der Waals surface area (Å²) in [5.74, 6) is 0.834. The van der Waals surface area contributed by atoms with Crippen molar-refractivity contribution in [3.05, 3.63) is 24.4 Å². The number of hydrogen-bond acceptors (Lipinski definition) is 5. The lowest BCUT2D eigenvalue weighted by molar-refractivity contribution is 0.184. The van der Waals surface area contributed by atoms with Crippen LogP contribution < -0.4 is 4.74 Å². The van der Waals surface area contributed by atoms with Gasteiger partial charge >= 0.3 is 0 Å². The first-order valence-electron chi connectivity index (χ1n) is 10.2. The van der Waals surface area contributed by atoms with Gasteiger partial charge in [0.05, 0.1) is 22.9 Å². The molecule has 0 N–H and O–H groups in total.